The molecule has 0 aromatic carbocycles. The van der Waals surface area contributed by atoms with E-state index in [1.54, 1.807) is 0 Å². The van der Waals surface area contributed by atoms with Gasteiger partial charge in [-0.3, -0.25) is 4.79 Å². The molecule has 0 saturated heterocycles. The molecule has 6 N–H and O–H groups in total. The number of amides is 2. The van der Waals surface area contributed by atoms with Gasteiger partial charge < -0.3 is 26.8 Å². The van der Waals surface area contributed by atoms with E-state index in [2.05, 4.69) is 44.4 Å². The molecule has 0 heterocycles. The highest BCUT2D eigenvalue weighted by Gasteiger charge is 2.59. The summed E-state index contributed by atoms with van der Waals surface area (Å²) in [5, 5.41) is 5.57. The zero-order chi connectivity index (χ0) is 29.6. The number of nitrogens with two attached hydrogens (primary N) is 2. The molecule has 0 bridgehead atoms. The Morgan fingerprint density at radius 1 is 1.02 bits per heavy atom. The Bertz CT molecular complexity index is 924. The van der Waals surface area contributed by atoms with E-state index in [0.717, 1.165) is 55.3 Å². The zero-order valence-corrected chi connectivity index (χ0v) is 26.5. The van der Waals surface area contributed by atoms with Gasteiger partial charge in [0, 0.05) is 19.5 Å². The SMILES string of the molecule is CCCCCC(C)C1CCC2C3CC=C4CC(OC(=O)NCCNC(=O)C(N)CCCN)CCC4(C)C3CCC12C. The van der Waals surface area contributed by atoms with Gasteiger partial charge in [0.1, 0.15) is 6.10 Å². The molecule has 3 saturated carbocycles. The van der Waals surface area contributed by atoms with Gasteiger partial charge in [0.15, 0.2) is 0 Å². The first-order valence-electron chi connectivity index (χ1n) is 17.0. The van der Waals surface area contributed by atoms with E-state index in [4.69, 9.17) is 16.2 Å². The van der Waals surface area contributed by atoms with E-state index >= 15 is 0 Å². The van der Waals surface area contributed by atoms with Crippen LogP contribution in [0.2, 0.25) is 0 Å². The Morgan fingerprint density at radius 3 is 2.56 bits per heavy atom. The Labute approximate surface area is 249 Å². The van der Waals surface area contributed by atoms with Gasteiger partial charge in [0.25, 0.3) is 0 Å². The number of carbonyl (C=O) groups excluding carboxylic acids is 2. The third-order valence-corrected chi connectivity index (χ3v) is 12.1. The fourth-order valence-corrected chi connectivity index (χ4v) is 9.76. The molecule has 41 heavy (non-hydrogen) atoms. The Balaban J connectivity index is 1.26. The molecule has 4 rings (SSSR count). The maximum Gasteiger partial charge on any atom is 0.407 e. The Hall–Kier alpha value is -1.60. The van der Waals surface area contributed by atoms with Gasteiger partial charge in [0.05, 0.1) is 6.04 Å². The van der Waals surface area contributed by atoms with E-state index in [0.29, 0.717) is 31.5 Å². The van der Waals surface area contributed by atoms with Crippen LogP contribution < -0.4 is 22.1 Å². The molecule has 9 atom stereocenters. The summed E-state index contributed by atoms with van der Waals surface area (Å²) in [7, 11) is 0. The topological polar surface area (TPSA) is 119 Å². The van der Waals surface area contributed by atoms with Crippen LogP contribution in [-0.4, -0.2) is 43.8 Å². The van der Waals surface area contributed by atoms with Crippen molar-refractivity contribution >= 4 is 12.0 Å². The molecule has 234 valence electrons. The van der Waals surface area contributed by atoms with Crippen molar-refractivity contribution in [1.82, 2.24) is 10.6 Å². The molecule has 2 amide bonds. The monoisotopic (exact) mass is 572 g/mol. The number of unbranched alkanes of at least 4 members (excludes halogenated alkanes) is 2. The first-order chi connectivity index (χ1) is 19.6. The summed E-state index contributed by atoms with van der Waals surface area (Å²) in [5.41, 5.74) is 13.6. The molecular formula is C34H60N4O3. The third-order valence-electron chi connectivity index (χ3n) is 12.1. The standard InChI is InChI=1S/C34H60N4O3/c1-5-6-7-9-23(2)27-13-14-28-26-12-11-24-22-25(15-17-33(24,3)29(26)16-18-34(27,28)4)41-32(40)38-21-20-37-31(39)30(36)10-8-19-35/h11,23,25-30H,5-10,12-22,35-36H2,1-4H3,(H,37,39)(H,38,40). The first-order valence-corrected chi connectivity index (χ1v) is 17.0. The smallest absolute Gasteiger partial charge is 0.407 e. The van der Waals surface area contributed by atoms with Crippen LogP contribution in [0.5, 0.6) is 0 Å². The Kier molecular flexibility index (Phi) is 11.2. The molecule has 7 nitrogen and oxygen atoms in total. The summed E-state index contributed by atoms with van der Waals surface area (Å²) < 4.78 is 5.85. The van der Waals surface area contributed by atoms with Gasteiger partial charge in [-0.1, -0.05) is 65.0 Å². The summed E-state index contributed by atoms with van der Waals surface area (Å²) in [5.74, 6) is 3.99. The number of hydrogen-bond donors (Lipinski definition) is 4. The lowest BCUT2D eigenvalue weighted by Gasteiger charge is -2.58. The second-order valence-electron chi connectivity index (χ2n) is 14.5. The summed E-state index contributed by atoms with van der Waals surface area (Å²) in [6, 6.07) is -0.558. The average Bonchev–Trinajstić information content (AvgIpc) is 3.31. The molecule has 0 spiro atoms. The average molecular weight is 573 g/mol. The van der Waals surface area contributed by atoms with Gasteiger partial charge in [0.2, 0.25) is 5.91 Å². The molecule has 4 aliphatic carbocycles. The lowest BCUT2D eigenvalue weighted by Crippen LogP contribution is -2.51. The van der Waals surface area contributed by atoms with E-state index < -0.39 is 12.1 Å². The van der Waals surface area contributed by atoms with Crippen LogP contribution in [0.3, 0.4) is 0 Å². The molecule has 4 aliphatic rings. The number of rotatable bonds is 13. The fraction of sp³-hybridized carbons (Fsp3) is 0.882. The first kappa shape index (κ1) is 32.3. The van der Waals surface area contributed by atoms with Crippen LogP contribution in [-0.2, 0) is 9.53 Å². The van der Waals surface area contributed by atoms with Gasteiger partial charge in [-0.2, -0.15) is 0 Å². The van der Waals surface area contributed by atoms with E-state index in [-0.39, 0.29) is 17.4 Å². The van der Waals surface area contributed by atoms with Crippen molar-refractivity contribution in [1.29, 1.82) is 0 Å². The van der Waals surface area contributed by atoms with Crippen molar-refractivity contribution in [2.24, 2.45) is 51.9 Å². The van der Waals surface area contributed by atoms with Gasteiger partial charge in [-0.15, -0.1) is 0 Å². The maximum atomic E-state index is 12.5. The van der Waals surface area contributed by atoms with Crippen LogP contribution >= 0.6 is 0 Å². The minimum atomic E-state index is -0.558. The molecule has 9 unspecified atom stereocenters. The largest absolute Gasteiger partial charge is 0.446 e. The summed E-state index contributed by atoms with van der Waals surface area (Å²) in [6.07, 6.45) is 18.6. The molecular weight excluding hydrogens is 512 g/mol. The lowest BCUT2D eigenvalue weighted by molar-refractivity contribution is -0.122. The summed E-state index contributed by atoms with van der Waals surface area (Å²) in [4.78, 5) is 24.5. The lowest BCUT2D eigenvalue weighted by atomic mass is 9.47. The number of fused-ring (bicyclic) bond motifs is 5. The van der Waals surface area contributed by atoms with Crippen molar-refractivity contribution in [3.63, 3.8) is 0 Å². The summed E-state index contributed by atoms with van der Waals surface area (Å²) >= 11 is 0. The number of allylic oxidation sites excluding steroid dienone is 1. The Morgan fingerprint density at radius 2 is 1.80 bits per heavy atom. The number of carbonyl (C=O) groups is 2. The second-order valence-corrected chi connectivity index (χ2v) is 14.5. The molecule has 3 fully saturated rings. The van der Waals surface area contributed by atoms with Crippen molar-refractivity contribution in [2.75, 3.05) is 19.6 Å². The van der Waals surface area contributed by atoms with E-state index in [1.165, 1.54) is 63.4 Å². The van der Waals surface area contributed by atoms with Crippen LogP contribution in [0.1, 0.15) is 118 Å². The predicted octanol–water partition coefficient (Wildman–Crippen LogP) is 6.06. The zero-order valence-electron chi connectivity index (χ0n) is 26.5. The number of nitrogens with one attached hydrogen (secondary N) is 2. The predicted molar refractivity (Wildman–Crippen MR) is 166 cm³/mol. The number of ether oxygens (including phenoxy) is 1. The third kappa shape index (κ3) is 7.14. The minimum absolute atomic E-state index is 0.0705. The maximum absolute atomic E-state index is 12.5. The fourth-order valence-electron chi connectivity index (χ4n) is 9.76. The highest BCUT2D eigenvalue weighted by Crippen LogP contribution is 2.67. The quantitative estimate of drug-likeness (QED) is 0.158. The number of hydrogen-bond acceptors (Lipinski definition) is 5. The van der Waals surface area contributed by atoms with Crippen molar-refractivity contribution in [3.05, 3.63) is 11.6 Å². The highest BCUT2D eigenvalue weighted by molar-refractivity contribution is 5.81. The van der Waals surface area contributed by atoms with Crippen molar-refractivity contribution in [3.8, 4) is 0 Å². The van der Waals surface area contributed by atoms with Crippen molar-refractivity contribution in [2.45, 2.75) is 130 Å². The van der Waals surface area contributed by atoms with Gasteiger partial charge in [-0.25, -0.2) is 4.79 Å². The molecule has 7 heteroatoms. The number of alkyl carbamates (subject to hydrolysis) is 1. The van der Waals surface area contributed by atoms with Gasteiger partial charge >= 0.3 is 6.09 Å². The summed E-state index contributed by atoms with van der Waals surface area (Å²) in [6.45, 7) is 11.2. The molecule has 0 aliphatic heterocycles. The van der Waals surface area contributed by atoms with Crippen LogP contribution in [0, 0.1) is 40.4 Å². The van der Waals surface area contributed by atoms with E-state index in [1.807, 2.05) is 0 Å². The van der Waals surface area contributed by atoms with Gasteiger partial charge in [-0.05, 0) is 105 Å². The normalized spacial score (nSPS) is 35.8. The van der Waals surface area contributed by atoms with Crippen LogP contribution in [0.25, 0.3) is 0 Å². The second kappa shape index (κ2) is 14.2. The molecule has 0 aromatic heterocycles. The minimum Gasteiger partial charge on any atom is -0.446 e. The molecule has 0 aromatic rings. The van der Waals surface area contributed by atoms with E-state index in [9.17, 15) is 9.59 Å². The van der Waals surface area contributed by atoms with Crippen molar-refractivity contribution < 1.29 is 14.3 Å². The molecule has 0 radical (unpaired) electrons. The van der Waals surface area contributed by atoms with Crippen LogP contribution in [0.15, 0.2) is 11.6 Å². The van der Waals surface area contributed by atoms with Crippen LogP contribution in [0.4, 0.5) is 4.79 Å². The highest BCUT2D eigenvalue weighted by atomic mass is 16.6.